The van der Waals surface area contributed by atoms with Crippen molar-refractivity contribution in [1.29, 1.82) is 0 Å². The number of alkyl halides is 2. The number of rotatable bonds is 11. The summed E-state index contributed by atoms with van der Waals surface area (Å²) >= 11 is 1.77. The minimum Gasteiger partial charge on any atom is -0.430 e. The lowest BCUT2D eigenvalue weighted by Crippen LogP contribution is -2.33. The molecular weight excluding hydrogens is 714 g/mol. The van der Waals surface area contributed by atoms with Crippen LogP contribution in [0.25, 0.3) is 11.3 Å². The molecule has 294 valence electrons. The van der Waals surface area contributed by atoms with Crippen LogP contribution in [0.3, 0.4) is 0 Å². The molecule has 5 rings (SSSR count). The fraction of sp³-hybridized carbons (Fsp3) is 0.429. The number of nitrogens with one attached hydrogen (secondary N) is 2. The van der Waals surface area contributed by atoms with E-state index in [0.717, 1.165) is 48.2 Å². The predicted molar refractivity (Wildman–Crippen MR) is 215 cm³/mol. The van der Waals surface area contributed by atoms with Crippen LogP contribution in [0.5, 0.6) is 5.75 Å². The lowest BCUT2D eigenvalue weighted by molar-refractivity contribution is -0.160. The molecule has 1 fully saturated rings. The molecule has 1 saturated heterocycles. The zero-order valence-electron chi connectivity index (χ0n) is 33.1. The highest BCUT2D eigenvalue weighted by Gasteiger charge is 2.33. The first-order chi connectivity index (χ1) is 25.6. The molecule has 0 radical (unpaired) electrons. The highest BCUT2D eigenvalue weighted by molar-refractivity contribution is 8.01. The Kier molecular flexibility index (Phi) is 18.5. The smallest absolute Gasteiger partial charge is 0.395 e. The van der Waals surface area contributed by atoms with E-state index in [4.69, 9.17) is 0 Å². The number of ketones is 1. The summed E-state index contributed by atoms with van der Waals surface area (Å²) in [5.74, 6) is -0.512. The molecule has 4 aromatic rings. The number of Topliss-reactive ketones (excluding diaryl/α,β-unsaturated/α-hetero) is 1. The van der Waals surface area contributed by atoms with Crippen molar-refractivity contribution in [2.75, 3.05) is 16.0 Å². The van der Waals surface area contributed by atoms with Crippen molar-refractivity contribution in [1.82, 2.24) is 10.2 Å². The molecule has 3 aromatic carbocycles. The molecule has 1 aliphatic heterocycles. The van der Waals surface area contributed by atoms with Gasteiger partial charge in [0.1, 0.15) is 5.78 Å². The van der Waals surface area contributed by atoms with E-state index in [1.54, 1.807) is 24.8 Å². The second-order valence-corrected chi connectivity index (χ2v) is 14.0. The van der Waals surface area contributed by atoms with Gasteiger partial charge < -0.3 is 14.8 Å². The molecule has 0 saturated carbocycles. The molecule has 54 heavy (non-hydrogen) atoms. The Balaban J connectivity index is 0.000000329. The Morgan fingerprint density at radius 2 is 1.69 bits per heavy atom. The van der Waals surface area contributed by atoms with Crippen LogP contribution >= 0.6 is 11.8 Å². The Bertz CT molecular complexity index is 1810. The van der Waals surface area contributed by atoms with Gasteiger partial charge in [0, 0.05) is 30.7 Å². The van der Waals surface area contributed by atoms with Gasteiger partial charge in [-0.05, 0) is 73.6 Å². The summed E-state index contributed by atoms with van der Waals surface area (Å²) in [5, 5.41) is 9.62. The van der Waals surface area contributed by atoms with Gasteiger partial charge >= 0.3 is 6.11 Å². The number of hydrogen-bond donors (Lipinski definition) is 2. The number of hydrogen-bond acceptors (Lipinski definition) is 6. The van der Waals surface area contributed by atoms with Crippen molar-refractivity contribution in [3.05, 3.63) is 94.8 Å². The third kappa shape index (κ3) is 14.0. The first kappa shape index (κ1) is 45.6. The second-order valence-electron chi connectivity index (χ2n) is 12.8. The van der Waals surface area contributed by atoms with Crippen LogP contribution in [0, 0.1) is 12.7 Å². The number of carbonyl (C=O) groups is 3. The molecule has 1 atom stereocenters. The fourth-order valence-corrected chi connectivity index (χ4v) is 6.26. The van der Waals surface area contributed by atoms with Crippen LogP contribution in [-0.4, -0.2) is 45.0 Å². The van der Waals surface area contributed by atoms with E-state index in [0.29, 0.717) is 36.1 Å². The van der Waals surface area contributed by atoms with Crippen LogP contribution in [0.4, 0.5) is 24.7 Å². The van der Waals surface area contributed by atoms with E-state index >= 15 is 0 Å². The number of halogens is 3. The maximum Gasteiger partial charge on any atom is 0.395 e. The molecule has 1 unspecified atom stereocenters. The van der Waals surface area contributed by atoms with Gasteiger partial charge in [-0.3, -0.25) is 19.6 Å². The molecule has 2 N–H and O–H groups in total. The second kappa shape index (κ2) is 22.0. The molecule has 1 aliphatic rings. The van der Waals surface area contributed by atoms with E-state index in [-0.39, 0.29) is 23.1 Å². The molecule has 0 spiro atoms. The summed E-state index contributed by atoms with van der Waals surface area (Å²) in [6, 6.07) is 19.0. The lowest BCUT2D eigenvalue weighted by atomic mass is 9.97. The highest BCUT2D eigenvalue weighted by Crippen LogP contribution is 2.37. The summed E-state index contributed by atoms with van der Waals surface area (Å²) in [6.45, 7) is 18.7. The number of benzene rings is 3. The first-order valence-electron chi connectivity index (χ1n) is 18.4. The Hall–Kier alpha value is -4.58. The third-order valence-electron chi connectivity index (χ3n) is 7.98. The minimum absolute atomic E-state index is 0.0563. The Morgan fingerprint density at radius 3 is 2.22 bits per heavy atom. The SMILES string of the molecule is CC.CCC(C)=O.CCCc1ccc(C(C)C)c(N2C(=O)CSC2CC)c1.Cc1ccc(-c2cc(NC(=O)c3ccc(OC(C)(F)F)c(F)c3)n[nH]2)cc1. The fourth-order valence-electron chi connectivity index (χ4n) is 5.17. The van der Waals surface area contributed by atoms with E-state index in [1.807, 2.05) is 56.9 Å². The molecule has 0 bridgehead atoms. The number of aryl methyl sites for hydroxylation is 2. The van der Waals surface area contributed by atoms with Crippen LogP contribution in [-0.2, 0) is 16.0 Å². The van der Waals surface area contributed by atoms with Gasteiger partial charge in [-0.1, -0.05) is 96.8 Å². The molecule has 2 amide bonds. The molecule has 1 aromatic heterocycles. The maximum atomic E-state index is 13.9. The Labute approximate surface area is 322 Å². The molecule has 12 heteroatoms. The topological polar surface area (TPSA) is 104 Å². The van der Waals surface area contributed by atoms with E-state index in [1.165, 1.54) is 17.2 Å². The highest BCUT2D eigenvalue weighted by atomic mass is 32.2. The van der Waals surface area contributed by atoms with E-state index < -0.39 is 23.6 Å². The van der Waals surface area contributed by atoms with Crippen molar-refractivity contribution in [2.45, 2.75) is 112 Å². The number of thioether (sulfide) groups is 1. The van der Waals surface area contributed by atoms with Gasteiger partial charge in [0.25, 0.3) is 5.91 Å². The van der Waals surface area contributed by atoms with Crippen molar-refractivity contribution in [2.24, 2.45) is 0 Å². The number of aromatic amines is 1. The lowest BCUT2D eigenvalue weighted by Gasteiger charge is -2.27. The van der Waals surface area contributed by atoms with Gasteiger partial charge in [-0.25, -0.2) is 4.39 Å². The average molecular weight is 769 g/mol. The molecule has 2 heterocycles. The summed E-state index contributed by atoms with van der Waals surface area (Å²) in [4.78, 5) is 36.4. The monoisotopic (exact) mass is 768 g/mol. The number of nitrogens with zero attached hydrogens (tertiary/aromatic N) is 2. The number of ether oxygens (including phenoxy) is 1. The third-order valence-corrected chi connectivity index (χ3v) is 9.33. The van der Waals surface area contributed by atoms with E-state index in [2.05, 4.69) is 66.1 Å². The quantitative estimate of drug-likeness (QED) is 0.157. The average Bonchev–Trinajstić information content (AvgIpc) is 3.76. The van der Waals surface area contributed by atoms with Crippen molar-refractivity contribution >= 4 is 40.9 Å². The normalized spacial score (nSPS) is 13.6. The van der Waals surface area contributed by atoms with E-state index in [9.17, 15) is 27.6 Å². The largest absolute Gasteiger partial charge is 0.430 e. The summed E-state index contributed by atoms with van der Waals surface area (Å²) in [6.07, 6.45) is 0.371. The van der Waals surface area contributed by atoms with Crippen LogP contribution in [0.2, 0.25) is 0 Å². The number of anilines is 2. The first-order valence-corrected chi connectivity index (χ1v) is 19.5. The zero-order valence-corrected chi connectivity index (χ0v) is 33.9. The number of H-pyrrole nitrogens is 1. The zero-order chi connectivity index (χ0) is 40.6. The van der Waals surface area contributed by atoms with Crippen molar-refractivity contribution < 1.29 is 32.3 Å². The summed E-state index contributed by atoms with van der Waals surface area (Å²) in [7, 11) is 0. The van der Waals surface area contributed by atoms with Crippen LogP contribution < -0.4 is 15.0 Å². The van der Waals surface area contributed by atoms with Crippen molar-refractivity contribution in [3.63, 3.8) is 0 Å². The maximum absolute atomic E-state index is 13.9. The molecule has 0 aliphatic carbocycles. The van der Waals surface area contributed by atoms with Crippen LogP contribution in [0.1, 0.15) is 115 Å². The number of amides is 2. The summed E-state index contributed by atoms with van der Waals surface area (Å²) < 4.78 is 43.7. The summed E-state index contributed by atoms with van der Waals surface area (Å²) in [5.41, 5.74) is 6.42. The molecule has 8 nitrogen and oxygen atoms in total. The number of carbonyl (C=O) groups excluding carboxylic acids is 3. The van der Waals surface area contributed by atoms with Gasteiger partial charge in [0.15, 0.2) is 17.4 Å². The number of aromatic nitrogens is 2. The van der Waals surface area contributed by atoms with Crippen molar-refractivity contribution in [3.8, 4) is 17.0 Å². The molecular formula is C42H55F3N4O4S. The van der Waals surface area contributed by atoms with Crippen LogP contribution in [0.15, 0.2) is 66.7 Å². The van der Waals surface area contributed by atoms with Gasteiger partial charge in [0.2, 0.25) is 5.91 Å². The Morgan fingerprint density at radius 1 is 1.04 bits per heavy atom. The van der Waals surface area contributed by atoms with Gasteiger partial charge in [-0.2, -0.15) is 13.9 Å². The minimum atomic E-state index is -3.52. The van der Waals surface area contributed by atoms with Gasteiger partial charge in [-0.15, -0.1) is 11.8 Å². The standard InChI is InChI=1S/C19H16F3N3O2.C17H25NOS.C4H8O.C2H6/c1-11-3-5-12(6-4-11)15-10-17(25-24-15)23-18(26)13-7-8-16(14(20)9-13)27-19(2,21)22;1-5-7-13-8-9-14(12(3)4)15(10-13)18-16(19)11-20-17(18)6-2;1-3-4(2)5;1-2/h3-10H,1-2H3,(H2,23,24,25,26);8-10,12,17H,5-7,11H2,1-4H3;3H2,1-2H3;1-2H3. The van der Waals surface area contributed by atoms with Gasteiger partial charge in [0.05, 0.1) is 16.8 Å². The predicted octanol–water partition coefficient (Wildman–Crippen LogP) is 11.4.